The second kappa shape index (κ2) is 6.44. The zero-order valence-corrected chi connectivity index (χ0v) is 13.4. The van der Waals surface area contributed by atoms with Crippen LogP contribution in [0.15, 0.2) is 22.7 Å². The molecule has 1 aliphatic rings. The summed E-state index contributed by atoms with van der Waals surface area (Å²) < 4.78 is 1.66. The minimum atomic E-state index is -0.433. The number of hydrogen-bond acceptors (Lipinski definition) is 7. The first-order valence-corrected chi connectivity index (χ1v) is 8.45. The van der Waals surface area contributed by atoms with E-state index in [2.05, 4.69) is 20.8 Å². The highest BCUT2D eigenvalue weighted by Crippen LogP contribution is 2.23. The molecule has 0 bridgehead atoms. The number of thiophene rings is 1. The molecular weight excluding hydrogens is 324 g/mol. The number of aromatic nitrogens is 4. The lowest BCUT2D eigenvalue weighted by atomic mass is 10.4. The fourth-order valence-corrected chi connectivity index (χ4v) is 3.58. The molecule has 3 amide bonds. The molecule has 116 valence electrons. The first kappa shape index (κ1) is 15.0. The minimum absolute atomic E-state index is 0.231. The Bertz CT molecular complexity index is 671. The van der Waals surface area contributed by atoms with Gasteiger partial charge in [-0.2, -0.15) is 0 Å². The molecule has 0 aromatic carbocycles. The fraction of sp³-hybridized carbons (Fsp3) is 0.417. The maximum atomic E-state index is 12.3. The number of imide groups is 1. The summed E-state index contributed by atoms with van der Waals surface area (Å²) in [5.41, 5.74) is 0. The predicted molar refractivity (Wildman–Crippen MR) is 81.7 cm³/mol. The Morgan fingerprint density at radius 1 is 1.59 bits per heavy atom. The van der Waals surface area contributed by atoms with E-state index in [9.17, 15) is 9.59 Å². The van der Waals surface area contributed by atoms with Gasteiger partial charge in [0.05, 0.1) is 11.8 Å². The molecule has 1 N–H and O–H groups in total. The van der Waals surface area contributed by atoms with Gasteiger partial charge in [0.15, 0.2) is 0 Å². The number of hydrogen-bond donors (Lipinski definition) is 1. The quantitative estimate of drug-likeness (QED) is 0.811. The van der Waals surface area contributed by atoms with Crippen molar-refractivity contribution < 1.29 is 9.59 Å². The Morgan fingerprint density at radius 3 is 3.14 bits per heavy atom. The summed E-state index contributed by atoms with van der Waals surface area (Å²) in [4.78, 5) is 26.2. The zero-order valence-electron chi connectivity index (χ0n) is 11.8. The molecule has 1 saturated heterocycles. The Hall–Kier alpha value is -1.94. The monoisotopic (exact) mass is 338 g/mol. The molecule has 22 heavy (non-hydrogen) atoms. The second-order valence-electron chi connectivity index (χ2n) is 4.68. The van der Waals surface area contributed by atoms with Gasteiger partial charge in [-0.25, -0.2) is 9.48 Å². The highest BCUT2D eigenvalue weighted by atomic mass is 32.2. The Morgan fingerprint density at radius 2 is 2.45 bits per heavy atom. The van der Waals surface area contributed by atoms with Gasteiger partial charge >= 0.3 is 6.03 Å². The molecule has 2 aromatic rings. The number of carbonyl (C=O) groups excluding carboxylic acids is 2. The number of carbonyl (C=O) groups is 2. The molecule has 1 fully saturated rings. The van der Waals surface area contributed by atoms with Gasteiger partial charge in [0.2, 0.25) is 11.1 Å². The third-order valence-electron chi connectivity index (χ3n) is 3.14. The maximum absolute atomic E-state index is 12.3. The molecule has 0 saturated carbocycles. The lowest BCUT2D eigenvalue weighted by Crippen LogP contribution is -2.39. The average Bonchev–Trinajstić information content (AvgIpc) is 3.22. The lowest BCUT2D eigenvalue weighted by molar-refractivity contribution is -0.126. The molecular formula is C12H14N6O2S2. The van der Waals surface area contributed by atoms with Gasteiger partial charge in [0.1, 0.15) is 0 Å². The summed E-state index contributed by atoms with van der Waals surface area (Å²) in [6, 6.07) is 3.63. The van der Waals surface area contributed by atoms with Crippen LogP contribution in [0.2, 0.25) is 0 Å². The summed E-state index contributed by atoms with van der Waals surface area (Å²) in [6.07, 6.45) is 0. The van der Waals surface area contributed by atoms with Crippen LogP contribution in [0.1, 0.15) is 11.8 Å². The Labute approximate surface area is 134 Å². The second-order valence-corrected chi connectivity index (χ2v) is 7.02. The van der Waals surface area contributed by atoms with Gasteiger partial charge in [0.25, 0.3) is 0 Å². The third-order valence-corrected chi connectivity index (χ3v) is 5.06. The van der Waals surface area contributed by atoms with Crippen molar-refractivity contribution in [3.05, 3.63) is 22.4 Å². The van der Waals surface area contributed by atoms with Crippen LogP contribution in [0.4, 0.5) is 4.79 Å². The van der Waals surface area contributed by atoms with Crippen LogP contribution >= 0.6 is 23.1 Å². The number of tetrazole rings is 1. The summed E-state index contributed by atoms with van der Waals surface area (Å²) in [6.45, 7) is 3.22. The van der Waals surface area contributed by atoms with E-state index in [0.29, 0.717) is 24.8 Å². The SMILES string of the molecule is CC(Sc1nnnn1Cc1cccs1)C(=O)N1CCNC1=O. The van der Waals surface area contributed by atoms with Crippen LogP contribution < -0.4 is 5.32 Å². The highest BCUT2D eigenvalue weighted by Gasteiger charge is 2.31. The predicted octanol–water partition coefficient (Wildman–Crippen LogP) is 0.815. The molecule has 3 rings (SSSR count). The summed E-state index contributed by atoms with van der Waals surface area (Å²) in [5, 5.41) is 16.3. The number of thioether (sulfide) groups is 1. The number of amides is 3. The summed E-state index contributed by atoms with van der Waals surface area (Å²) in [5.74, 6) is -0.231. The van der Waals surface area contributed by atoms with Crippen LogP contribution in [0.5, 0.6) is 0 Å². The molecule has 0 radical (unpaired) electrons. The zero-order chi connectivity index (χ0) is 15.5. The fourth-order valence-electron chi connectivity index (χ4n) is 2.04. The van der Waals surface area contributed by atoms with Gasteiger partial charge in [-0.15, -0.1) is 16.4 Å². The van der Waals surface area contributed by atoms with Crippen molar-refractivity contribution in [1.82, 2.24) is 30.4 Å². The van der Waals surface area contributed by atoms with Crippen molar-refractivity contribution in [2.24, 2.45) is 0 Å². The standard InChI is InChI=1S/C12H14N6O2S2/c1-8(10(19)17-5-4-13-11(17)20)22-12-14-15-16-18(12)7-9-3-2-6-21-9/h2-3,6,8H,4-5,7H2,1H3,(H,13,20). The molecule has 1 atom stereocenters. The van der Waals surface area contributed by atoms with Crippen LogP contribution in [0.3, 0.4) is 0 Å². The van der Waals surface area contributed by atoms with Crippen molar-refractivity contribution in [1.29, 1.82) is 0 Å². The van der Waals surface area contributed by atoms with Crippen molar-refractivity contribution in [3.63, 3.8) is 0 Å². The number of nitrogens with one attached hydrogen (secondary N) is 1. The van der Waals surface area contributed by atoms with Crippen LogP contribution in [-0.2, 0) is 11.3 Å². The number of nitrogens with zero attached hydrogens (tertiary/aromatic N) is 5. The molecule has 8 nitrogen and oxygen atoms in total. The van der Waals surface area contributed by atoms with Crippen LogP contribution in [0, 0.1) is 0 Å². The highest BCUT2D eigenvalue weighted by molar-refractivity contribution is 8.00. The normalized spacial score (nSPS) is 15.9. The van der Waals surface area contributed by atoms with Crippen molar-refractivity contribution in [3.8, 4) is 0 Å². The van der Waals surface area contributed by atoms with E-state index in [4.69, 9.17) is 0 Å². The van der Waals surface area contributed by atoms with E-state index in [1.54, 1.807) is 22.9 Å². The third kappa shape index (κ3) is 3.12. The molecule has 0 spiro atoms. The van der Waals surface area contributed by atoms with Crippen LogP contribution in [-0.4, -0.2) is 55.4 Å². The molecule has 1 aliphatic heterocycles. The van der Waals surface area contributed by atoms with E-state index in [0.717, 1.165) is 4.88 Å². The number of urea groups is 1. The summed E-state index contributed by atoms with van der Waals surface area (Å²) >= 11 is 2.88. The van der Waals surface area contributed by atoms with E-state index < -0.39 is 5.25 Å². The largest absolute Gasteiger partial charge is 0.336 e. The molecule has 3 heterocycles. The van der Waals surface area contributed by atoms with Crippen LogP contribution in [0.25, 0.3) is 0 Å². The summed E-state index contributed by atoms with van der Waals surface area (Å²) in [7, 11) is 0. The topological polar surface area (TPSA) is 93.0 Å². The van der Waals surface area contributed by atoms with E-state index in [1.807, 2.05) is 17.5 Å². The van der Waals surface area contributed by atoms with E-state index >= 15 is 0 Å². The molecule has 2 aromatic heterocycles. The minimum Gasteiger partial charge on any atom is -0.336 e. The Balaban J connectivity index is 1.66. The lowest BCUT2D eigenvalue weighted by Gasteiger charge is -2.16. The first-order valence-electron chi connectivity index (χ1n) is 6.69. The van der Waals surface area contributed by atoms with E-state index in [-0.39, 0.29) is 11.9 Å². The van der Waals surface area contributed by atoms with Gasteiger partial charge < -0.3 is 5.32 Å². The maximum Gasteiger partial charge on any atom is 0.324 e. The smallest absolute Gasteiger partial charge is 0.324 e. The van der Waals surface area contributed by atoms with Crippen molar-refractivity contribution in [2.75, 3.05) is 13.1 Å². The van der Waals surface area contributed by atoms with Crippen molar-refractivity contribution in [2.45, 2.75) is 23.9 Å². The van der Waals surface area contributed by atoms with Gasteiger partial charge in [0, 0.05) is 18.0 Å². The van der Waals surface area contributed by atoms with Gasteiger partial charge in [-0.05, 0) is 28.8 Å². The van der Waals surface area contributed by atoms with E-state index in [1.165, 1.54) is 16.7 Å². The molecule has 1 unspecified atom stereocenters. The first-order chi connectivity index (χ1) is 10.6. The Kier molecular flexibility index (Phi) is 4.39. The molecule has 10 heteroatoms. The van der Waals surface area contributed by atoms with Gasteiger partial charge in [-0.3, -0.25) is 9.69 Å². The average molecular weight is 338 g/mol. The van der Waals surface area contributed by atoms with Gasteiger partial charge in [-0.1, -0.05) is 17.8 Å². The molecule has 0 aliphatic carbocycles. The number of rotatable bonds is 5. The van der Waals surface area contributed by atoms with Crippen molar-refractivity contribution >= 4 is 35.0 Å².